The Hall–Kier alpha value is -1.18. The Morgan fingerprint density at radius 2 is 1.81 bits per heavy atom. The van der Waals surface area contributed by atoms with E-state index < -0.39 is 0 Å². The molecule has 0 bridgehead atoms. The molecule has 1 aromatic heterocycles. The van der Waals surface area contributed by atoms with Gasteiger partial charge in [-0.15, -0.1) is 0 Å². The van der Waals surface area contributed by atoms with Crippen molar-refractivity contribution < 1.29 is 10.2 Å². The highest BCUT2D eigenvalue weighted by atomic mass is 35.5. The molecule has 1 heterocycles. The van der Waals surface area contributed by atoms with Crippen molar-refractivity contribution in [1.29, 1.82) is 0 Å². The zero-order chi connectivity index (χ0) is 12.0. The molecule has 0 aliphatic rings. The molecule has 1 aromatic rings. The van der Waals surface area contributed by atoms with E-state index in [1.165, 1.54) is 0 Å². The third-order valence-electron chi connectivity index (χ3n) is 1.84. The summed E-state index contributed by atoms with van der Waals surface area (Å²) in [5.41, 5.74) is 0. The highest BCUT2D eigenvalue weighted by Gasteiger charge is 2.11. The van der Waals surface area contributed by atoms with Gasteiger partial charge in [0.15, 0.2) is 0 Å². The van der Waals surface area contributed by atoms with Crippen molar-refractivity contribution in [2.45, 2.75) is 0 Å². The van der Waals surface area contributed by atoms with Crippen molar-refractivity contribution in [1.82, 2.24) is 15.0 Å². The number of rotatable bonds is 6. The number of hydrogen-bond acceptors (Lipinski definition) is 7. The summed E-state index contributed by atoms with van der Waals surface area (Å²) in [4.78, 5) is 13.5. The van der Waals surface area contributed by atoms with Crippen LogP contribution in [-0.2, 0) is 0 Å². The molecular formula is C8H14ClN5O2. The quantitative estimate of drug-likeness (QED) is 0.615. The van der Waals surface area contributed by atoms with E-state index >= 15 is 0 Å². The molecule has 0 aliphatic carbocycles. The van der Waals surface area contributed by atoms with Crippen LogP contribution in [0.2, 0.25) is 5.28 Å². The third kappa shape index (κ3) is 3.44. The van der Waals surface area contributed by atoms with Gasteiger partial charge in [0.1, 0.15) is 0 Å². The molecule has 0 unspecified atom stereocenters. The smallest absolute Gasteiger partial charge is 0.231 e. The minimum absolute atomic E-state index is 0.0574. The molecule has 0 amide bonds. The fourth-order valence-electron chi connectivity index (χ4n) is 1.15. The number of halogens is 1. The predicted molar refractivity (Wildman–Crippen MR) is 60.8 cm³/mol. The number of nitrogens with one attached hydrogen (secondary N) is 1. The van der Waals surface area contributed by atoms with E-state index in [9.17, 15) is 0 Å². The fourth-order valence-corrected chi connectivity index (χ4v) is 1.30. The Kier molecular flexibility index (Phi) is 5.17. The van der Waals surface area contributed by atoms with Crippen LogP contribution in [-0.4, -0.2) is 58.5 Å². The zero-order valence-corrected chi connectivity index (χ0v) is 9.65. The summed E-state index contributed by atoms with van der Waals surface area (Å²) in [6.45, 7) is 0.532. The average Bonchev–Trinajstić information content (AvgIpc) is 2.28. The van der Waals surface area contributed by atoms with Crippen LogP contribution in [0.4, 0.5) is 11.9 Å². The zero-order valence-electron chi connectivity index (χ0n) is 8.89. The van der Waals surface area contributed by atoms with Crippen LogP contribution < -0.4 is 10.2 Å². The number of aromatic nitrogens is 3. The number of nitrogens with zero attached hydrogens (tertiary/aromatic N) is 4. The Bertz CT molecular complexity index is 332. The first-order chi connectivity index (χ1) is 7.71. The number of anilines is 2. The number of hydrogen-bond donors (Lipinski definition) is 3. The predicted octanol–water partition coefficient (Wildman–Crippen LogP) is -0.642. The lowest BCUT2D eigenvalue weighted by atomic mass is 10.5. The van der Waals surface area contributed by atoms with Gasteiger partial charge >= 0.3 is 0 Å². The molecule has 90 valence electrons. The maximum atomic E-state index is 8.88. The normalized spacial score (nSPS) is 10.2. The Morgan fingerprint density at radius 1 is 1.19 bits per heavy atom. The minimum atomic E-state index is -0.0574. The molecule has 7 nitrogen and oxygen atoms in total. The van der Waals surface area contributed by atoms with Crippen molar-refractivity contribution in [2.75, 3.05) is 43.6 Å². The van der Waals surface area contributed by atoms with Crippen LogP contribution in [0.3, 0.4) is 0 Å². The van der Waals surface area contributed by atoms with E-state index in [1.807, 2.05) is 0 Å². The van der Waals surface area contributed by atoms with E-state index in [1.54, 1.807) is 11.9 Å². The molecular weight excluding hydrogens is 234 g/mol. The SMILES string of the molecule is CNc1nc(Cl)nc(N(CCO)CCO)n1. The molecule has 0 aliphatic heterocycles. The monoisotopic (exact) mass is 247 g/mol. The third-order valence-corrected chi connectivity index (χ3v) is 2.01. The summed E-state index contributed by atoms with van der Waals surface area (Å²) in [5, 5.41) is 20.6. The summed E-state index contributed by atoms with van der Waals surface area (Å²) >= 11 is 5.72. The largest absolute Gasteiger partial charge is 0.395 e. The number of aliphatic hydroxyl groups excluding tert-OH is 2. The second-order valence-corrected chi connectivity index (χ2v) is 3.25. The Labute approximate surface area is 98.1 Å². The lowest BCUT2D eigenvalue weighted by Crippen LogP contribution is -2.31. The Morgan fingerprint density at radius 3 is 2.31 bits per heavy atom. The van der Waals surface area contributed by atoms with Gasteiger partial charge in [-0.2, -0.15) is 15.0 Å². The molecule has 16 heavy (non-hydrogen) atoms. The molecule has 0 saturated heterocycles. The standard InChI is InChI=1S/C8H14ClN5O2/c1-10-7-11-6(9)12-8(13-7)14(2-4-15)3-5-16/h15-16H,2-5H2,1H3,(H,10,11,12,13). The molecule has 0 aromatic carbocycles. The Balaban J connectivity index is 2.93. The molecule has 0 radical (unpaired) electrons. The second-order valence-electron chi connectivity index (χ2n) is 2.91. The molecule has 8 heteroatoms. The molecule has 0 saturated carbocycles. The first-order valence-corrected chi connectivity index (χ1v) is 5.15. The van der Waals surface area contributed by atoms with Gasteiger partial charge < -0.3 is 20.4 Å². The average molecular weight is 248 g/mol. The van der Waals surface area contributed by atoms with Crippen molar-refractivity contribution in [3.63, 3.8) is 0 Å². The van der Waals surface area contributed by atoms with E-state index in [0.717, 1.165) is 0 Å². The lowest BCUT2D eigenvalue weighted by Gasteiger charge is -2.20. The molecule has 0 atom stereocenters. The highest BCUT2D eigenvalue weighted by Crippen LogP contribution is 2.12. The number of aliphatic hydroxyl groups is 2. The van der Waals surface area contributed by atoms with Gasteiger partial charge in [-0.3, -0.25) is 0 Å². The topological polar surface area (TPSA) is 94.4 Å². The minimum Gasteiger partial charge on any atom is -0.395 e. The second kappa shape index (κ2) is 6.41. The summed E-state index contributed by atoms with van der Waals surface area (Å²) in [6, 6.07) is 0. The first-order valence-electron chi connectivity index (χ1n) is 4.77. The van der Waals surface area contributed by atoms with E-state index in [4.69, 9.17) is 21.8 Å². The van der Waals surface area contributed by atoms with Crippen molar-refractivity contribution >= 4 is 23.5 Å². The van der Waals surface area contributed by atoms with Gasteiger partial charge in [0.25, 0.3) is 0 Å². The summed E-state index contributed by atoms with van der Waals surface area (Å²) in [5.74, 6) is 0.670. The summed E-state index contributed by atoms with van der Waals surface area (Å²) in [7, 11) is 1.66. The summed E-state index contributed by atoms with van der Waals surface area (Å²) < 4.78 is 0. The summed E-state index contributed by atoms with van der Waals surface area (Å²) in [6.07, 6.45) is 0. The van der Waals surface area contributed by atoms with Crippen LogP contribution in [0.15, 0.2) is 0 Å². The van der Waals surface area contributed by atoms with Gasteiger partial charge in [0.2, 0.25) is 17.2 Å². The first kappa shape index (κ1) is 12.9. The molecule has 3 N–H and O–H groups in total. The molecule has 0 spiro atoms. The van der Waals surface area contributed by atoms with Gasteiger partial charge in [-0.1, -0.05) is 0 Å². The van der Waals surface area contributed by atoms with Crippen LogP contribution in [0.1, 0.15) is 0 Å². The van der Waals surface area contributed by atoms with Crippen molar-refractivity contribution in [2.24, 2.45) is 0 Å². The highest BCUT2D eigenvalue weighted by molar-refractivity contribution is 6.28. The maximum Gasteiger partial charge on any atom is 0.231 e. The fraction of sp³-hybridized carbons (Fsp3) is 0.625. The van der Waals surface area contributed by atoms with Gasteiger partial charge in [-0.25, -0.2) is 0 Å². The van der Waals surface area contributed by atoms with Crippen molar-refractivity contribution in [3.8, 4) is 0 Å². The molecule has 0 fully saturated rings. The van der Waals surface area contributed by atoms with Crippen LogP contribution >= 0.6 is 11.6 Å². The van der Waals surface area contributed by atoms with E-state index in [0.29, 0.717) is 25.0 Å². The van der Waals surface area contributed by atoms with Gasteiger partial charge in [0.05, 0.1) is 13.2 Å². The van der Waals surface area contributed by atoms with E-state index in [-0.39, 0.29) is 18.5 Å². The van der Waals surface area contributed by atoms with Crippen LogP contribution in [0.25, 0.3) is 0 Å². The van der Waals surface area contributed by atoms with Gasteiger partial charge in [-0.05, 0) is 11.6 Å². The van der Waals surface area contributed by atoms with Crippen LogP contribution in [0, 0.1) is 0 Å². The van der Waals surface area contributed by atoms with Crippen LogP contribution in [0.5, 0.6) is 0 Å². The van der Waals surface area contributed by atoms with Crippen molar-refractivity contribution in [3.05, 3.63) is 5.28 Å². The molecule has 1 rings (SSSR count). The lowest BCUT2D eigenvalue weighted by molar-refractivity contribution is 0.280. The maximum absolute atomic E-state index is 8.88. The van der Waals surface area contributed by atoms with E-state index in [2.05, 4.69) is 20.3 Å². The van der Waals surface area contributed by atoms with Gasteiger partial charge in [0, 0.05) is 20.1 Å².